The van der Waals surface area contributed by atoms with Gasteiger partial charge in [0.15, 0.2) is 5.96 Å². The number of esters is 1. The van der Waals surface area contributed by atoms with Crippen LogP contribution in [0.5, 0.6) is 0 Å². The summed E-state index contributed by atoms with van der Waals surface area (Å²) in [7, 11) is 1.40. The van der Waals surface area contributed by atoms with E-state index >= 15 is 0 Å². The lowest BCUT2D eigenvalue weighted by atomic mass is 9.89. The van der Waals surface area contributed by atoms with E-state index in [2.05, 4.69) is 22.4 Å². The second kappa shape index (κ2) is 14.0. The average molecular weight is 594 g/mol. The Kier molecular flexibility index (Phi) is 10.8. The van der Waals surface area contributed by atoms with Crippen LogP contribution < -0.4 is 16.8 Å². The Labute approximate surface area is 243 Å². The van der Waals surface area contributed by atoms with Crippen molar-refractivity contribution in [3.8, 4) is 0 Å². The Morgan fingerprint density at radius 1 is 1.21 bits per heavy atom. The molecule has 3 aliphatic heterocycles. The van der Waals surface area contributed by atoms with E-state index in [9.17, 15) is 14.4 Å². The number of carbonyl (C=O) groups excluding carboxylic acids is 3. The van der Waals surface area contributed by atoms with Crippen molar-refractivity contribution in [1.29, 1.82) is 0 Å². The molecule has 0 saturated carbocycles. The lowest BCUT2D eigenvalue weighted by Crippen LogP contribution is -2.57. The molecule has 2 unspecified atom stereocenters. The van der Waals surface area contributed by atoms with Crippen molar-refractivity contribution in [3.63, 3.8) is 0 Å². The number of fused-ring (bicyclic) bond motifs is 1. The fourth-order valence-corrected chi connectivity index (χ4v) is 10.5. The topological polar surface area (TPSA) is 140 Å². The molecule has 1 aromatic carbocycles. The van der Waals surface area contributed by atoms with Crippen molar-refractivity contribution < 1.29 is 19.1 Å². The van der Waals surface area contributed by atoms with Gasteiger partial charge in [-0.05, 0) is 44.1 Å². The van der Waals surface area contributed by atoms with Crippen molar-refractivity contribution in [2.45, 2.75) is 66.5 Å². The van der Waals surface area contributed by atoms with Gasteiger partial charge in [0.2, 0.25) is 11.8 Å². The molecule has 4 atom stereocenters. The maximum absolute atomic E-state index is 13.9. The summed E-state index contributed by atoms with van der Waals surface area (Å²) in [6.07, 6.45) is 4.66. The molecule has 0 aliphatic carbocycles. The van der Waals surface area contributed by atoms with Gasteiger partial charge in [-0.3, -0.25) is 19.4 Å². The number of nitrogens with two attached hydrogens (primary N) is 2. The number of amides is 2. The van der Waals surface area contributed by atoms with E-state index in [1.165, 1.54) is 7.11 Å². The van der Waals surface area contributed by atoms with Gasteiger partial charge in [-0.1, -0.05) is 30.3 Å². The third kappa shape index (κ3) is 7.58. The van der Waals surface area contributed by atoms with Crippen molar-refractivity contribution in [3.05, 3.63) is 35.9 Å². The van der Waals surface area contributed by atoms with Gasteiger partial charge in [-0.2, -0.15) is 0 Å². The van der Waals surface area contributed by atoms with Crippen LogP contribution in [-0.4, -0.2) is 81.1 Å². The van der Waals surface area contributed by atoms with Crippen LogP contribution in [-0.2, 0) is 25.5 Å². The lowest BCUT2D eigenvalue weighted by Gasteiger charge is -2.40. The first-order valence-electron chi connectivity index (χ1n) is 13.5. The summed E-state index contributed by atoms with van der Waals surface area (Å²) in [5, 5.41) is 3.38. The van der Waals surface area contributed by atoms with E-state index in [0.717, 1.165) is 29.9 Å². The standard InChI is InChI=1S/C27H39N5O4S3/c1-36-23(33)11-12-27(38-14-15-39-27)21(8-5-13-30-26(28)29)31-24(34)20-17-37-22-10-9-19(25(35)32(20)22)16-18-6-3-2-4-7-18/h2-4,6-7,19-22H,5,8-17H2,1H3,(H,31,34)(H4,28,29,30)/t19-,20-,21?,22?/m0/s1. The third-order valence-electron chi connectivity index (χ3n) is 7.56. The smallest absolute Gasteiger partial charge is 0.305 e. The predicted octanol–water partition coefficient (Wildman–Crippen LogP) is 2.58. The number of thioether (sulfide) groups is 3. The maximum atomic E-state index is 13.9. The maximum Gasteiger partial charge on any atom is 0.305 e. The first-order valence-corrected chi connectivity index (χ1v) is 16.5. The van der Waals surface area contributed by atoms with Crippen molar-refractivity contribution in [2.75, 3.05) is 30.9 Å². The molecule has 39 heavy (non-hydrogen) atoms. The second-order valence-electron chi connectivity index (χ2n) is 10.1. The Morgan fingerprint density at radius 2 is 1.95 bits per heavy atom. The number of benzene rings is 1. The van der Waals surface area contributed by atoms with Crippen LogP contribution in [0.2, 0.25) is 0 Å². The van der Waals surface area contributed by atoms with E-state index in [1.54, 1.807) is 35.3 Å². The second-order valence-corrected chi connectivity index (χ2v) is 14.4. The average Bonchev–Trinajstić information content (AvgIpc) is 3.59. The molecule has 3 aliphatic rings. The number of methoxy groups -OCH3 is 1. The number of hydrogen-bond acceptors (Lipinski definition) is 8. The molecular formula is C27H39N5O4S3. The highest BCUT2D eigenvalue weighted by atomic mass is 32.2. The minimum atomic E-state index is -0.500. The normalized spacial score (nSPS) is 24.6. The largest absolute Gasteiger partial charge is 0.469 e. The lowest BCUT2D eigenvalue weighted by molar-refractivity contribution is -0.146. The molecule has 3 fully saturated rings. The quantitative estimate of drug-likeness (QED) is 0.144. The predicted molar refractivity (Wildman–Crippen MR) is 160 cm³/mol. The SMILES string of the molecule is COC(=O)CCC1(C(CCCN=C(N)N)NC(=O)[C@@H]2CSC3CC[C@@H](Cc4ccccc4)C(=O)N32)SCCS1. The number of hydrogen-bond donors (Lipinski definition) is 3. The molecule has 2 amide bonds. The number of ether oxygens (including phenoxy) is 1. The van der Waals surface area contributed by atoms with Gasteiger partial charge in [-0.15, -0.1) is 35.3 Å². The summed E-state index contributed by atoms with van der Waals surface area (Å²) in [4.78, 5) is 45.5. The number of rotatable bonds is 12. The van der Waals surface area contributed by atoms with Crippen LogP contribution >= 0.6 is 35.3 Å². The first kappa shape index (κ1) is 29.9. The molecule has 3 heterocycles. The van der Waals surface area contributed by atoms with Gasteiger partial charge in [-0.25, -0.2) is 0 Å². The highest BCUT2D eigenvalue weighted by molar-refractivity contribution is 8.21. The fraction of sp³-hybridized carbons (Fsp3) is 0.630. The van der Waals surface area contributed by atoms with E-state index in [1.807, 2.05) is 23.1 Å². The molecule has 3 saturated heterocycles. The first-order chi connectivity index (χ1) is 18.8. The zero-order valence-electron chi connectivity index (χ0n) is 22.4. The molecule has 214 valence electrons. The molecule has 0 aromatic heterocycles. The fourth-order valence-electron chi connectivity index (χ4n) is 5.59. The van der Waals surface area contributed by atoms with Gasteiger partial charge < -0.3 is 26.4 Å². The summed E-state index contributed by atoms with van der Waals surface area (Å²) in [6.45, 7) is 0.463. The van der Waals surface area contributed by atoms with Gasteiger partial charge in [0.05, 0.1) is 22.6 Å². The molecule has 9 nitrogen and oxygen atoms in total. The van der Waals surface area contributed by atoms with E-state index in [-0.39, 0.29) is 51.6 Å². The van der Waals surface area contributed by atoms with Gasteiger partial charge in [0, 0.05) is 36.1 Å². The third-order valence-corrected chi connectivity index (χ3v) is 12.7. The van der Waals surface area contributed by atoms with Crippen molar-refractivity contribution in [2.24, 2.45) is 22.4 Å². The van der Waals surface area contributed by atoms with Gasteiger partial charge in [0.25, 0.3) is 0 Å². The summed E-state index contributed by atoms with van der Waals surface area (Å²) in [5.74, 6) is 2.12. The summed E-state index contributed by atoms with van der Waals surface area (Å²) in [5.41, 5.74) is 12.2. The van der Waals surface area contributed by atoms with E-state index in [0.29, 0.717) is 38.0 Å². The molecule has 0 spiro atoms. The number of carbonyl (C=O) groups is 3. The van der Waals surface area contributed by atoms with E-state index in [4.69, 9.17) is 16.2 Å². The minimum Gasteiger partial charge on any atom is -0.469 e. The molecule has 5 N–H and O–H groups in total. The zero-order chi connectivity index (χ0) is 27.8. The molecular weight excluding hydrogens is 555 g/mol. The Morgan fingerprint density at radius 3 is 2.64 bits per heavy atom. The Hall–Kier alpha value is -2.05. The molecule has 4 rings (SSSR count). The Balaban J connectivity index is 1.48. The molecule has 12 heteroatoms. The van der Waals surface area contributed by atoms with Crippen LogP contribution in [0.25, 0.3) is 0 Å². The van der Waals surface area contributed by atoms with Crippen molar-refractivity contribution in [1.82, 2.24) is 10.2 Å². The number of guanidine groups is 1. The van der Waals surface area contributed by atoms with Crippen LogP contribution in [0.3, 0.4) is 0 Å². The van der Waals surface area contributed by atoms with Crippen LogP contribution in [0.4, 0.5) is 0 Å². The number of aliphatic imine (C=N–C) groups is 1. The van der Waals surface area contributed by atoms with Crippen LogP contribution in [0, 0.1) is 5.92 Å². The highest BCUT2D eigenvalue weighted by Gasteiger charge is 2.49. The van der Waals surface area contributed by atoms with Crippen LogP contribution in [0.15, 0.2) is 35.3 Å². The number of nitrogens with one attached hydrogen (secondary N) is 1. The van der Waals surface area contributed by atoms with Crippen LogP contribution in [0.1, 0.15) is 44.1 Å². The monoisotopic (exact) mass is 593 g/mol. The molecule has 0 radical (unpaired) electrons. The highest BCUT2D eigenvalue weighted by Crippen LogP contribution is 2.51. The van der Waals surface area contributed by atoms with Gasteiger partial charge >= 0.3 is 5.97 Å². The summed E-state index contributed by atoms with van der Waals surface area (Å²) in [6, 6.07) is 9.38. The van der Waals surface area contributed by atoms with Crippen molar-refractivity contribution >= 4 is 59.0 Å². The summed E-state index contributed by atoms with van der Waals surface area (Å²) < 4.78 is 4.56. The molecule has 1 aromatic rings. The van der Waals surface area contributed by atoms with E-state index < -0.39 is 6.04 Å². The van der Waals surface area contributed by atoms with Gasteiger partial charge in [0.1, 0.15) is 6.04 Å². The zero-order valence-corrected chi connectivity index (χ0v) is 24.8. The minimum absolute atomic E-state index is 0.0447. The number of piperidine rings is 1. The number of nitrogens with zero attached hydrogens (tertiary/aromatic N) is 2. The molecule has 0 bridgehead atoms. The Bertz CT molecular complexity index is 1030. The summed E-state index contributed by atoms with van der Waals surface area (Å²) >= 11 is 5.29.